The highest BCUT2D eigenvalue weighted by molar-refractivity contribution is 8.26. The van der Waals surface area contributed by atoms with Crippen LogP contribution in [-0.2, 0) is 28.7 Å². The highest BCUT2D eigenvalue weighted by Gasteiger charge is 2.32. The Hall–Kier alpha value is -2.79. The molecule has 1 aromatic rings. The predicted molar refractivity (Wildman–Crippen MR) is 123 cm³/mol. The zero-order valence-corrected chi connectivity index (χ0v) is 19.6. The molecule has 2 fully saturated rings. The topological polar surface area (TPSA) is 93.2 Å². The molecule has 0 atom stereocenters. The molecule has 0 aromatic heterocycles. The number of carbonyl (C=O) groups is 4. The van der Waals surface area contributed by atoms with Crippen LogP contribution in [-0.4, -0.2) is 71.2 Å². The minimum Gasteiger partial charge on any atom is -0.469 e. The van der Waals surface area contributed by atoms with Gasteiger partial charge in [-0.3, -0.25) is 24.1 Å². The highest BCUT2D eigenvalue weighted by Crippen LogP contribution is 2.32. The van der Waals surface area contributed by atoms with E-state index in [1.54, 1.807) is 23.1 Å². The number of thioether (sulfide) groups is 1. The number of carbonyl (C=O) groups excluding carboxylic acids is 4. The number of methoxy groups -OCH3 is 1. The zero-order chi connectivity index (χ0) is 24.0. The Morgan fingerprint density at radius 1 is 1.21 bits per heavy atom. The molecule has 2 aliphatic heterocycles. The van der Waals surface area contributed by atoms with Crippen LogP contribution in [0.5, 0.6) is 0 Å². The van der Waals surface area contributed by atoms with Crippen molar-refractivity contribution in [1.29, 1.82) is 0 Å². The number of likely N-dealkylation sites (tertiary alicyclic amines) is 1. The molecule has 0 spiro atoms. The summed E-state index contributed by atoms with van der Waals surface area (Å²) in [7, 11) is 1.34. The Balaban J connectivity index is 1.43. The second kappa shape index (κ2) is 11.4. The molecule has 2 saturated heterocycles. The first kappa shape index (κ1) is 24.8. The number of thiocarbonyl (C=S) groups is 1. The summed E-state index contributed by atoms with van der Waals surface area (Å²) >= 11 is 6.34. The Labute approximate surface area is 200 Å². The van der Waals surface area contributed by atoms with E-state index in [0.29, 0.717) is 40.7 Å². The number of nitrogens with zero attached hydrogens (tertiary/aromatic N) is 2. The number of rotatable bonds is 7. The Morgan fingerprint density at radius 3 is 2.52 bits per heavy atom. The van der Waals surface area contributed by atoms with Gasteiger partial charge in [0, 0.05) is 19.6 Å². The average molecular weight is 495 g/mol. The number of ether oxygens (including phenoxy) is 2. The van der Waals surface area contributed by atoms with Crippen molar-refractivity contribution in [3.8, 4) is 0 Å². The fourth-order valence-corrected chi connectivity index (χ4v) is 4.75. The smallest absolute Gasteiger partial charge is 0.308 e. The minimum atomic E-state index is -0.621. The van der Waals surface area contributed by atoms with E-state index >= 15 is 0 Å². The molecule has 0 aliphatic carbocycles. The Kier molecular flexibility index (Phi) is 8.56. The van der Waals surface area contributed by atoms with Gasteiger partial charge < -0.3 is 14.4 Å². The second-order valence-corrected chi connectivity index (χ2v) is 9.15. The molecule has 1 aromatic carbocycles. The third kappa shape index (κ3) is 6.61. The van der Waals surface area contributed by atoms with Crippen molar-refractivity contribution in [3.63, 3.8) is 0 Å². The van der Waals surface area contributed by atoms with Crippen LogP contribution in [0.2, 0.25) is 0 Å². The van der Waals surface area contributed by atoms with E-state index in [4.69, 9.17) is 21.7 Å². The van der Waals surface area contributed by atoms with E-state index < -0.39 is 12.6 Å². The average Bonchev–Trinajstić information content (AvgIpc) is 3.09. The molecule has 176 valence electrons. The van der Waals surface area contributed by atoms with Gasteiger partial charge in [0.15, 0.2) is 6.61 Å². The maximum Gasteiger partial charge on any atom is 0.308 e. The molecule has 3 rings (SSSR count). The van der Waals surface area contributed by atoms with Crippen LogP contribution in [0, 0.1) is 11.7 Å². The predicted octanol–water partition coefficient (Wildman–Crippen LogP) is 2.37. The lowest BCUT2D eigenvalue weighted by Crippen LogP contribution is -2.42. The molecule has 2 heterocycles. The molecule has 0 unspecified atom stereocenters. The van der Waals surface area contributed by atoms with Gasteiger partial charge in [-0.25, -0.2) is 4.39 Å². The first-order valence-corrected chi connectivity index (χ1v) is 11.5. The third-order valence-corrected chi connectivity index (χ3v) is 6.70. The lowest BCUT2D eigenvalue weighted by atomic mass is 9.97. The summed E-state index contributed by atoms with van der Waals surface area (Å²) in [6.45, 7) is 0.424. The maximum absolute atomic E-state index is 13.0. The van der Waals surface area contributed by atoms with Crippen molar-refractivity contribution in [1.82, 2.24) is 9.80 Å². The van der Waals surface area contributed by atoms with Crippen LogP contribution in [0.3, 0.4) is 0 Å². The van der Waals surface area contributed by atoms with Gasteiger partial charge in [-0.15, -0.1) is 0 Å². The molecule has 8 nitrogen and oxygen atoms in total. The minimum absolute atomic E-state index is 0.0307. The van der Waals surface area contributed by atoms with Crippen molar-refractivity contribution in [3.05, 3.63) is 40.6 Å². The zero-order valence-electron chi connectivity index (χ0n) is 18.0. The van der Waals surface area contributed by atoms with Gasteiger partial charge in [-0.1, -0.05) is 36.1 Å². The summed E-state index contributed by atoms with van der Waals surface area (Å²) in [6.07, 6.45) is 2.51. The quantitative estimate of drug-likeness (QED) is 0.324. The molecule has 0 radical (unpaired) electrons. The maximum atomic E-state index is 13.0. The molecular formula is C22H23FN2O6S2. The number of esters is 2. The molecule has 2 aliphatic rings. The van der Waals surface area contributed by atoms with Crippen molar-refractivity contribution in [2.75, 3.05) is 33.4 Å². The van der Waals surface area contributed by atoms with E-state index in [1.165, 1.54) is 24.1 Å². The molecule has 2 amide bonds. The normalized spacial score (nSPS) is 18.1. The van der Waals surface area contributed by atoms with E-state index in [0.717, 1.165) is 11.8 Å². The van der Waals surface area contributed by atoms with Crippen molar-refractivity contribution in [2.24, 2.45) is 5.92 Å². The first-order valence-electron chi connectivity index (χ1n) is 10.3. The van der Waals surface area contributed by atoms with Gasteiger partial charge in [-0.05, 0) is 36.6 Å². The van der Waals surface area contributed by atoms with Gasteiger partial charge in [0.25, 0.3) is 11.8 Å². The van der Waals surface area contributed by atoms with Crippen LogP contribution in [0.1, 0.15) is 24.8 Å². The molecule has 0 N–H and O–H groups in total. The van der Waals surface area contributed by atoms with Gasteiger partial charge in [0.2, 0.25) is 0 Å². The van der Waals surface area contributed by atoms with Crippen molar-refractivity contribution < 1.29 is 33.0 Å². The molecule has 0 bridgehead atoms. The van der Waals surface area contributed by atoms with E-state index in [9.17, 15) is 23.6 Å². The lowest BCUT2D eigenvalue weighted by Gasteiger charge is -2.30. The van der Waals surface area contributed by atoms with Crippen LogP contribution < -0.4 is 0 Å². The summed E-state index contributed by atoms with van der Waals surface area (Å²) in [5.41, 5.74) is 0.658. The third-order valence-electron chi connectivity index (χ3n) is 5.32. The summed E-state index contributed by atoms with van der Waals surface area (Å²) < 4.78 is 23.1. The molecule has 11 heteroatoms. The Bertz CT molecular complexity index is 974. The number of piperidine rings is 1. The van der Waals surface area contributed by atoms with Crippen LogP contribution >= 0.6 is 24.0 Å². The van der Waals surface area contributed by atoms with Crippen molar-refractivity contribution in [2.45, 2.75) is 19.3 Å². The highest BCUT2D eigenvalue weighted by atomic mass is 32.2. The van der Waals surface area contributed by atoms with Crippen molar-refractivity contribution >= 4 is 58.1 Å². The van der Waals surface area contributed by atoms with Crippen LogP contribution in [0.15, 0.2) is 29.2 Å². The summed E-state index contributed by atoms with van der Waals surface area (Å²) in [5, 5.41) is 0. The van der Waals surface area contributed by atoms with Gasteiger partial charge in [-0.2, -0.15) is 0 Å². The molecule has 33 heavy (non-hydrogen) atoms. The lowest BCUT2D eigenvalue weighted by molar-refractivity contribution is -0.154. The standard InChI is InChI=1S/C22H23FN2O6S2/c1-30-21(29)15-6-9-24(10-7-15)18(26)13-31-19(27)8-11-25-20(28)17(33-22(25)32)12-14-2-4-16(23)5-3-14/h2-5,12,15H,6-11,13H2,1H3. The first-order chi connectivity index (χ1) is 15.8. The Morgan fingerprint density at radius 2 is 1.88 bits per heavy atom. The SMILES string of the molecule is COC(=O)C1CCN(C(=O)COC(=O)CCN2C(=O)C(=Cc3ccc(F)cc3)SC2=S)CC1. The number of benzene rings is 1. The monoisotopic (exact) mass is 494 g/mol. The molecule has 0 saturated carbocycles. The summed E-state index contributed by atoms with van der Waals surface area (Å²) in [5.74, 6) is -2.17. The number of amides is 2. The fourth-order valence-electron chi connectivity index (χ4n) is 3.44. The largest absolute Gasteiger partial charge is 0.469 e. The fraction of sp³-hybridized carbons (Fsp3) is 0.409. The number of halogens is 1. The second-order valence-electron chi connectivity index (χ2n) is 7.47. The number of hydrogen-bond acceptors (Lipinski definition) is 8. The van der Waals surface area contributed by atoms with Crippen LogP contribution in [0.4, 0.5) is 4.39 Å². The summed E-state index contributed by atoms with van der Waals surface area (Å²) in [4.78, 5) is 51.7. The van der Waals surface area contributed by atoms with E-state index in [1.807, 2.05) is 0 Å². The van der Waals surface area contributed by atoms with Crippen LogP contribution in [0.25, 0.3) is 6.08 Å². The van der Waals surface area contributed by atoms with E-state index in [-0.39, 0.29) is 42.5 Å². The molecular weight excluding hydrogens is 471 g/mol. The van der Waals surface area contributed by atoms with Gasteiger partial charge in [0.05, 0.1) is 24.4 Å². The van der Waals surface area contributed by atoms with Gasteiger partial charge in [0.1, 0.15) is 10.1 Å². The van der Waals surface area contributed by atoms with E-state index in [2.05, 4.69) is 0 Å². The number of hydrogen-bond donors (Lipinski definition) is 0. The van der Waals surface area contributed by atoms with Gasteiger partial charge >= 0.3 is 11.9 Å². The summed E-state index contributed by atoms with van der Waals surface area (Å²) in [6, 6.07) is 5.69.